The Bertz CT molecular complexity index is 1990. The number of benzene rings is 3. The Labute approximate surface area is 285 Å². The molecule has 1 saturated carbocycles. The highest BCUT2D eigenvalue weighted by Gasteiger charge is 2.68. The number of methoxy groups -OCH3 is 2. The summed E-state index contributed by atoms with van der Waals surface area (Å²) in [6.45, 7) is 1.64. The third-order valence-corrected chi connectivity index (χ3v) is 11.0. The zero-order valence-corrected chi connectivity index (χ0v) is 27.3. The van der Waals surface area contributed by atoms with Gasteiger partial charge in [0.25, 0.3) is 0 Å². The lowest BCUT2D eigenvalue weighted by Gasteiger charge is -2.49. The Morgan fingerprint density at radius 1 is 0.918 bits per heavy atom. The van der Waals surface area contributed by atoms with Gasteiger partial charge in [0.1, 0.15) is 23.1 Å². The molecular weight excluding hydrogens is 658 g/mol. The van der Waals surface area contributed by atoms with Crippen LogP contribution >= 0.6 is 11.6 Å². The van der Waals surface area contributed by atoms with E-state index in [1.165, 1.54) is 56.7 Å². The van der Waals surface area contributed by atoms with Gasteiger partial charge >= 0.3 is 7.12 Å². The van der Waals surface area contributed by atoms with Crippen LogP contribution in [0.1, 0.15) is 31.2 Å². The largest absolute Gasteiger partial charge is 0.507 e. The van der Waals surface area contributed by atoms with E-state index in [1.807, 2.05) is 6.08 Å². The van der Waals surface area contributed by atoms with Crippen molar-refractivity contribution in [2.45, 2.75) is 25.7 Å². The monoisotopic (exact) mass is 688 g/mol. The minimum Gasteiger partial charge on any atom is -0.507 e. The van der Waals surface area contributed by atoms with Crippen molar-refractivity contribution in [1.82, 2.24) is 0 Å². The van der Waals surface area contributed by atoms with Crippen molar-refractivity contribution in [3.8, 4) is 17.2 Å². The van der Waals surface area contributed by atoms with Gasteiger partial charge in [-0.05, 0) is 61.5 Å². The zero-order chi connectivity index (χ0) is 35.1. The maximum atomic E-state index is 14.7. The number of fused-ring (bicyclic) bond motifs is 4. The first-order chi connectivity index (χ1) is 23.3. The summed E-state index contributed by atoms with van der Waals surface area (Å²) in [5.41, 5.74) is -0.373. The molecule has 3 aromatic rings. The van der Waals surface area contributed by atoms with Gasteiger partial charge in [-0.2, -0.15) is 0 Å². The van der Waals surface area contributed by atoms with E-state index in [9.17, 15) is 38.7 Å². The molecule has 11 nitrogen and oxygen atoms in total. The molecule has 6 unspecified atom stereocenters. The van der Waals surface area contributed by atoms with Gasteiger partial charge in [0.2, 0.25) is 23.6 Å². The van der Waals surface area contributed by atoms with Crippen molar-refractivity contribution in [2.24, 2.45) is 29.1 Å². The molecule has 252 valence electrons. The van der Waals surface area contributed by atoms with Gasteiger partial charge < -0.3 is 24.6 Å². The van der Waals surface area contributed by atoms with E-state index >= 15 is 0 Å². The maximum absolute atomic E-state index is 14.7. The molecular formula is C35H31BClFN2O9. The summed E-state index contributed by atoms with van der Waals surface area (Å²) >= 11 is 6.07. The molecule has 0 radical (unpaired) electrons. The predicted molar refractivity (Wildman–Crippen MR) is 176 cm³/mol. The van der Waals surface area contributed by atoms with Crippen molar-refractivity contribution in [2.75, 3.05) is 24.0 Å². The third kappa shape index (κ3) is 4.70. The minimum atomic E-state index is -1.82. The van der Waals surface area contributed by atoms with Crippen LogP contribution in [0.15, 0.2) is 66.2 Å². The van der Waals surface area contributed by atoms with Gasteiger partial charge in [-0.3, -0.25) is 24.1 Å². The van der Waals surface area contributed by atoms with Crippen molar-refractivity contribution < 1.29 is 48.2 Å². The van der Waals surface area contributed by atoms with Gasteiger partial charge in [-0.25, -0.2) is 9.29 Å². The first-order valence-corrected chi connectivity index (χ1v) is 16.0. The summed E-state index contributed by atoms with van der Waals surface area (Å²) in [4.78, 5) is 59.3. The molecule has 7 rings (SSSR count). The highest BCUT2D eigenvalue weighted by molar-refractivity contribution is 6.58. The van der Waals surface area contributed by atoms with Crippen LogP contribution in [-0.2, 0) is 19.2 Å². The Morgan fingerprint density at radius 3 is 2.33 bits per heavy atom. The van der Waals surface area contributed by atoms with Crippen LogP contribution in [0.5, 0.6) is 17.2 Å². The Balaban J connectivity index is 1.40. The number of amides is 4. The number of phenols is 1. The number of carbonyl (C=O) groups excluding carboxylic acids is 4. The van der Waals surface area contributed by atoms with Gasteiger partial charge in [0.15, 0.2) is 0 Å². The van der Waals surface area contributed by atoms with Crippen molar-refractivity contribution >= 4 is 59.2 Å². The number of hydrogen-bond donors (Lipinski definition) is 3. The number of halogens is 2. The lowest BCUT2D eigenvalue weighted by Crippen LogP contribution is -2.49. The molecule has 0 aromatic heterocycles. The van der Waals surface area contributed by atoms with Gasteiger partial charge in [-0.1, -0.05) is 35.4 Å². The first-order valence-electron chi connectivity index (χ1n) is 15.7. The number of nitrogens with zero attached hydrogens (tertiary/aromatic N) is 2. The third-order valence-electron chi connectivity index (χ3n) is 10.7. The molecule has 4 aliphatic rings. The molecule has 2 aliphatic carbocycles. The molecule has 49 heavy (non-hydrogen) atoms. The lowest BCUT2D eigenvalue weighted by atomic mass is 9.51. The van der Waals surface area contributed by atoms with Crippen LogP contribution in [0.3, 0.4) is 0 Å². The van der Waals surface area contributed by atoms with Crippen LogP contribution in [0, 0.1) is 34.9 Å². The fourth-order valence-corrected chi connectivity index (χ4v) is 8.61. The summed E-state index contributed by atoms with van der Waals surface area (Å²) in [5, 5.41) is 30.7. The molecule has 3 aromatic carbocycles. The molecule has 3 N–H and O–H groups in total. The smallest absolute Gasteiger partial charge is 0.488 e. The molecule has 2 aliphatic heterocycles. The van der Waals surface area contributed by atoms with Gasteiger partial charge in [0.05, 0.1) is 53.8 Å². The molecule has 2 saturated heterocycles. The second-order valence-corrected chi connectivity index (χ2v) is 13.4. The zero-order valence-electron chi connectivity index (χ0n) is 26.6. The first kappa shape index (κ1) is 32.8. The number of aromatic hydroxyl groups is 1. The highest BCUT2D eigenvalue weighted by Crippen LogP contribution is 2.65. The number of anilines is 2. The SMILES string of the molecule is COc1cc(O)c(C2C3=CCC4C(=O)N(c5cccc(B(O)O)c5)C(=O)C4C3CC3C(=O)N(c4ccc(F)c(Cl)c4)C(=O)C32C)c(OC)c1. The van der Waals surface area contributed by atoms with Crippen LogP contribution in [0.25, 0.3) is 0 Å². The molecule has 4 amide bonds. The van der Waals surface area contributed by atoms with E-state index in [4.69, 9.17) is 21.1 Å². The molecule has 3 fully saturated rings. The summed E-state index contributed by atoms with van der Waals surface area (Å²) < 4.78 is 25.2. The second-order valence-electron chi connectivity index (χ2n) is 13.0. The highest BCUT2D eigenvalue weighted by atomic mass is 35.5. The number of imide groups is 2. The summed E-state index contributed by atoms with van der Waals surface area (Å²) in [6, 6.07) is 12.3. The average molecular weight is 689 g/mol. The molecule has 14 heteroatoms. The van der Waals surface area contributed by atoms with E-state index < -0.39 is 71.6 Å². The van der Waals surface area contributed by atoms with E-state index in [1.54, 1.807) is 13.0 Å². The van der Waals surface area contributed by atoms with Crippen LogP contribution in [0.2, 0.25) is 5.02 Å². The van der Waals surface area contributed by atoms with Crippen molar-refractivity contribution in [3.63, 3.8) is 0 Å². The number of ether oxygens (including phenoxy) is 2. The Hall–Kier alpha value is -4.72. The predicted octanol–water partition coefficient (Wildman–Crippen LogP) is 3.32. The topological polar surface area (TPSA) is 154 Å². The quantitative estimate of drug-likeness (QED) is 0.201. The minimum absolute atomic E-state index is 0.0253. The summed E-state index contributed by atoms with van der Waals surface area (Å²) in [5.74, 6) is -7.19. The normalized spacial score (nSPS) is 27.5. The van der Waals surface area contributed by atoms with Crippen LogP contribution in [-0.4, -0.2) is 60.1 Å². The van der Waals surface area contributed by atoms with Crippen molar-refractivity contribution in [1.29, 1.82) is 0 Å². The summed E-state index contributed by atoms with van der Waals surface area (Å²) in [7, 11) is 0.991. The van der Waals surface area contributed by atoms with E-state index in [-0.39, 0.29) is 57.5 Å². The molecule has 0 bridgehead atoms. The Morgan fingerprint density at radius 2 is 1.65 bits per heavy atom. The van der Waals surface area contributed by atoms with E-state index in [0.717, 1.165) is 15.9 Å². The fraction of sp³-hybridized carbons (Fsp3) is 0.314. The number of rotatable bonds is 6. The summed E-state index contributed by atoms with van der Waals surface area (Å²) in [6.07, 6.45) is 1.98. The van der Waals surface area contributed by atoms with Gasteiger partial charge in [-0.15, -0.1) is 0 Å². The number of phenolic OH excluding ortho intramolecular Hbond substituents is 1. The van der Waals surface area contributed by atoms with Crippen molar-refractivity contribution in [3.05, 3.63) is 82.6 Å². The number of allylic oxidation sites excluding steroid dienone is 2. The standard InChI is InChI=1S/C35H31BClFN2O9/c1-35-23(32(43)40(34(35)45)18-7-10-25(38)24(37)12-18)15-22-20(30(35)29-26(41)13-19(48-2)14-27(29)49-3)8-9-21-28(22)33(44)39(31(21)42)17-6-4-5-16(11-17)36(46)47/h4-8,10-14,21-23,28,30,41,46-47H,9,15H2,1-3H3. The Kier molecular flexibility index (Phi) is 7.84. The van der Waals surface area contributed by atoms with E-state index in [2.05, 4.69) is 0 Å². The van der Waals surface area contributed by atoms with Gasteiger partial charge in [0, 0.05) is 23.6 Å². The lowest BCUT2D eigenvalue weighted by molar-refractivity contribution is -0.131. The fourth-order valence-electron chi connectivity index (χ4n) is 8.44. The maximum Gasteiger partial charge on any atom is 0.488 e. The van der Waals surface area contributed by atoms with Crippen LogP contribution in [0.4, 0.5) is 15.8 Å². The van der Waals surface area contributed by atoms with Crippen LogP contribution < -0.4 is 24.7 Å². The molecule has 0 spiro atoms. The molecule has 2 heterocycles. The number of hydrogen-bond acceptors (Lipinski definition) is 9. The van der Waals surface area contributed by atoms with E-state index in [0.29, 0.717) is 5.57 Å². The number of carbonyl (C=O) groups is 4. The average Bonchev–Trinajstić information content (AvgIpc) is 3.45. The second kappa shape index (κ2) is 11.7. The molecule has 6 atom stereocenters.